The fourth-order valence-corrected chi connectivity index (χ4v) is 1.59. The molecule has 0 saturated heterocycles. The number of hydrogen-bond donors (Lipinski definition) is 1. The van der Waals surface area contributed by atoms with Crippen LogP contribution in [0.25, 0.3) is 0 Å². The number of rotatable bonds is 3. The van der Waals surface area contributed by atoms with E-state index in [2.05, 4.69) is 0 Å². The van der Waals surface area contributed by atoms with Crippen molar-refractivity contribution in [3.8, 4) is 0 Å². The Balaban J connectivity index is 0.000000321. The highest BCUT2D eigenvalue weighted by molar-refractivity contribution is 5.82. The molecule has 18 heavy (non-hydrogen) atoms. The molecule has 0 atom stereocenters. The van der Waals surface area contributed by atoms with Gasteiger partial charge in [-0.2, -0.15) is 0 Å². The van der Waals surface area contributed by atoms with Gasteiger partial charge in [0, 0.05) is 6.08 Å². The Morgan fingerprint density at radius 2 is 1.78 bits per heavy atom. The minimum absolute atomic E-state index is 0. The minimum Gasteiger partial charge on any atom is -0.463 e. The van der Waals surface area contributed by atoms with Crippen molar-refractivity contribution in [1.82, 2.24) is 0 Å². The van der Waals surface area contributed by atoms with Crippen LogP contribution in [-0.4, -0.2) is 24.3 Å². The molecule has 1 N–H and O–H groups in total. The zero-order chi connectivity index (χ0) is 12.5. The summed E-state index contributed by atoms with van der Waals surface area (Å²) in [7, 11) is 0. The molecule has 0 aromatic rings. The monoisotopic (exact) mass is 254 g/mol. The Kier molecular flexibility index (Phi) is 9.29. The predicted octanol–water partition coefficient (Wildman–Crippen LogP) is 3.38. The van der Waals surface area contributed by atoms with Crippen molar-refractivity contribution in [2.45, 2.75) is 52.9 Å². The number of ether oxygens (including phenoxy) is 1. The predicted molar refractivity (Wildman–Crippen MR) is 74.3 cm³/mol. The van der Waals surface area contributed by atoms with Crippen LogP contribution >= 0.6 is 0 Å². The zero-order valence-corrected chi connectivity index (χ0v) is 10.6. The van der Waals surface area contributed by atoms with Gasteiger partial charge in [0.05, 0.1) is 13.2 Å². The first-order chi connectivity index (χ1) is 8.26. The van der Waals surface area contributed by atoms with Crippen LogP contribution in [0.2, 0.25) is 0 Å². The first-order valence-corrected chi connectivity index (χ1v) is 6.41. The number of carbonyl (C=O) groups is 1. The lowest BCUT2D eigenvalue weighted by atomic mass is 9.92. The van der Waals surface area contributed by atoms with Gasteiger partial charge in [0.1, 0.15) is 0 Å². The van der Waals surface area contributed by atoms with E-state index in [1.165, 1.54) is 36.8 Å². The van der Waals surface area contributed by atoms with Crippen LogP contribution in [-0.2, 0) is 9.53 Å². The van der Waals surface area contributed by atoms with Gasteiger partial charge in [0.2, 0.25) is 0 Å². The second-order valence-corrected chi connectivity index (χ2v) is 4.31. The number of carbonyl (C=O) groups excluding carboxylic acids is 1. The third kappa shape index (κ3) is 6.60. The summed E-state index contributed by atoms with van der Waals surface area (Å²) < 4.78 is 4.73. The van der Waals surface area contributed by atoms with Crippen molar-refractivity contribution in [3.63, 3.8) is 0 Å². The normalized spacial score (nSPS) is 16.1. The maximum Gasteiger partial charge on any atom is 0.330 e. The van der Waals surface area contributed by atoms with Gasteiger partial charge in [-0.05, 0) is 45.4 Å². The maximum absolute atomic E-state index is 10.7. The van der Waals surface area contributed by atoms with Crippen molar-refractivity contribution >= 4 is 5.97 Å². The van der Waals surface area contributed by atoms with Crippen LogP contribution < -0.4 is 0 Å². The summed E-state index contributed by atoms with van der Waals surface area (Å²) in [6.07, 6.45) is 10.7. The average Bonchev–Trinajstić information content (AvgIpc) is 2.19. The van der Waals surface area contributed by atoms with Crippen LogP contribution in [0.15, 0.2) is 23.3 Å². The molecule has 2 aliphatic rings. The highest BCUT2D eigenvalue weighted by Gasteiger charge is 2.09. The van der Waals surface area contributed by atoms with Gasteiger partial charge in [0.15, 0.2) is 0 Å². The van der Waals surface area contributed by atoms with Gasteiger partial charge in [-0.3, -0.25) is 0 Å². The molecule has 0 amide bonds. The molecule has 2 saturated carbocycles. The van der Waals surface area contributed by atoms with Crippen molar-refractivity contribution in [2.24, 2.45) is 0 Å². The molecule has 2 fully saturated rings. The molecular weight excluding hydrogens is 228 g/mol. The standard InChI is InChI=1S/C8H12O2.C6H10O.CH4/c1-2-10-8(9)6-7-4-3-5-7;7-5-4-6-2-1-3-6;/h6H,2-5H2,1H3;4,7H,1-3,5H2;1H4. The van der Waals surface area contributed by atoms with E-state index in [1.807, 2.05) is 13.0 Å². The highest BCUT2D eigenvalue weighted by Crippen LogP contribution is 2.25. The Morgan fingerprint density at radius 3 is 2.06 bits per heavy atom. The molecule has 0 spiro atoms. The Morgan fingerprint density at radius 1 is 1.22 bits per heavy atom. The summed E-state index contributed by atoms with van der Waals surface area (Å²) in [5.41, 5.74) is 2.67. The van der Waals surface area contributed by atoms with Gasteiger partial charge >= 0.3 is 5.97 Å². The summed E-state index contributed by atoms with van der Waals surface area (Å²) in [4.78, 5) is 10.7. The molecule has 3 nitrogen and oxygen atoms in total. The van der Waals surface area contributed by atoms with Crippen molar-refractivity contribution < 1.29 is 14.6 Å². The minimum atomic E-state index is -0.183. The molecule has 0 radical (unpaired) electrons. The second-order valence-electron chi connectivity index (χ2n) is 4.31. The summed E-state index contributed by atoms with van der Waals surface area (Å²) in [6, 6.07) is 0. The number of aliphatic hydroxyl groups excluding tert-OH is 1. The molecule has 3 heteroatoms. The summed E-state index contributed by atoms with van der Waals surface area (Å²) >= 11 is 0. The van der Waals surface area contributed by atoms with E-state index in [0.29, 0.717) is 6.61 Å². The van der Waals surface area contributed by atoms with Crippen LogP contribution in [0.3, 0.4) is 0 Å². The smallest absolute Gasteiger partial charge is 0.330 e. The third-order valence-corrected chi connectivity index (χ3v) is 2.98. The maximum atomic E-state index is 10.7. The van der Waals surface area contributed by atoms with E-state index in [4.69, 9.17) is 9.84 Å². The van der Waals surface area contributed by atoms with Crippen molar-refractivity contribution in [1.29, 1.82) is 0 Å². The third-order valence-electron chi connectivity index (χ3n) is 2.98. The molecular formula is C15H26O3. The van der Waals surface area contributed by atoms with Crippen LogP contribution in [0.5, 0.6) is 0 Å². The van der Waals surface area contributed by atoms with Gasteiger partial charge in [-0.25, -0.2) is 4.79 Å². The molecule has 104 valence electrons. The lowest BCUT2D eigenvalue weighted by molar-refractivity contribution is -0.137. The van der Waals surface area contributed by atoms with Crippen LogP contribution in [0.4, 0.5) is 0 Å². The summed E-state index contributed by atoms with van der Waals surface area (Å²) in [5, 5.41) is 8.33. The van der Waals surface area contributed by atoms with E-state index in [1.54, 1.807) is 6.08 Å². The number of allylic oxidation sites excluding steroid dienone is 2. The van der Waals surface area contributed by atoms with Gasteiger partial charge in [-0.15, -0.1) is 0 Å². The van der Waals surface area contributed by atoms with Crippen LogP contribution in [0, 0.1) is 0 Å². The highest BCUT2D eigenvalue weighted by atomic mass is 16.5. The Bertz CT molecular complexity index is 291. The number of aliphatic hydroxyl groups is 1. The summed E-state index contributed by atoms with van der Waals surface area (Å²) in [5.74, 6) is -0.183. The van der Waals surface area contributed by atoms with Gasteiger partial charge in [0.25, 0.3) is 0 Å². The molecule has 2 aliphatic carbocycles. The topological polar surface area (TPSA) is 46.5 Å². The molecule has 2 rings (SSSR count). The Labute approximate surface area is 111 Å². The lowest BCUT2D eigenvalue weighted by Gasteiger charge is -2.14. The fraction of sp³-hybridized carbons (Fsp3) is 0.667. The van der Waals surface area contributed by atoms with Crippen molar-refractivity contribution in [3.05, 3.63) is 23.3 Å². The fourth-order valence-electron chi connectivity index (χ4n) is 1.59. The van der Waals surface area contributed by atoms with E-state index in [0.717, 1.165) is 12.8 Å². The molecule has 0 bridgehead atoms. The SMILES string of the molecule is C.CCOC(=O)C=C1CCC1.OCC=C1CCC1. The van der Waals surface area contributed by atoms with Crippen LogP contribution in [0.1, 0.15) is 52.9 Å². The molecule has 0 aromatic heterocycles. The number of hydrogen-bond acceptors (Lipinski definition) is 3. The zero-order valence-electron chi connectivity index (χ0n) is 10.6. The van der Waals surface area contributed by atoms with E-state index in [9.17, 15) is 4.79 Å². The van der Waals surface area contributed by atoms with Gasteiger partial charge < -0.3 is 9.84 Å². The van der Waals surface area contributed by atoms with Crippen molar-refractivity contribution in [2.75, 3.05) is 13.2 Å². The molecule has 0 aromatic carbocycles. The van der Waals surface area contributed by atoms with E-state index in [-0.39, 0.29) is 20.0 Å². The van der Waals surface area contributed by atoms with E-state index < -0.39 is 0 Å². The summed E-state index contributed by atoms with van der Waals surface area (Å²) in [6.45, 7) is 2.52. The average molecular weight is 254 g/mol. The van der Waals surface area contributed by atoms with E-state index >= 15 is 0 Å². The molecule has 0 heterocycles. The van der Waals surface area contributed by atoms with Gasteiger partial charge in [-0.1, -0.05) is 24.6 Å². The Hall–Kier alpha value is -1.09. The molecule has 0 unspecified atom stereocenters. The number of esters is 1. The lowest BCUT2D eigenvalue weighted by Crippen LogP contribution is -2.04. The first-order valence-electron chi connectivity index (χ1n) is 6.41. The second kappa shape index (κ2) is 9.89. The quantitative estimate of drug-likeness (QED) is 0.477. The largest absolute Gasteiger partial charge is 0.463 e. The first kappa shape index (κ1) is 16.9. The molecule has 0 aliphatic heterocycles.